The van der Waals surface area contributed by atoms with Crippen LogP contribution in [0.3, 0.4) is 0 Å². The van der Waals surface area contributed by atoms with E-state index < -0.39 is 0 Å². The second-order valence-corrected chi connectivity index (χ2v) is 12.5. The van der Waals surface area contributed by atoms with Crippen molar-refractivity contribution < 1.29 is 14.3 Å². The van der Waals surface area contributed by atoms with E-state index in [9.17, 15) is 9.59 Å². The predicted molar refractivity (Wildman–Crippen MR) is 143 cm³/mol. The Kier molecular flexibility index (Phi) is 6.15. The summed E-state index contributed by atoms with van der Waals surface area (Å²) in [7, 11) is 2.03. The van der Waals surface area contributed by atoms with Crippen molar-refractivity contribution in [2.24, 2.45) is 10.8 Å². The fourth-order valence-electron chi connectivity index (χ4n) is 6.05. The van der Waals surface area contributed by atoms with Gasteiger partial charge in [0, 0.05) is 48.3 Å². The van der Waals surface area contributed by atoms with Crippen molar-refractivity contribution in [1.29, 1.82) is 0 Å². The van der Waals surface area contributed by atoms with Gasteiger partial charge < -0.3 is 9.64 Å². The van der Waals surface area contributed by atoms with E-state index in [1.54, 1.807) is 0 Å². The summed E-state index contributed by atoms with van der Waals surface area (Å²) in [5.41, 5.74) is 5.32. The number of rotatable bonds is 4. The van der Waals surface area contributed by atoms with Crippen molar-refractivity contribution in [3.8, 4) is 5.75 Å². The van der Waals surface area contributed by atoms with E-state index >= 15 is 0 Å². The Morgan fingerprint density at radius 2 is 1.42 bits per heavy atom. The molecule has 0 saturated carbocycles. The zero-order valence-electron chi connectivity index (χ0n) is 21.8. The number of nitrogens with zero attached hydrogens (tertiary/aromatic N) is 1. The minimum absolute atomic E-state index is 0.117. The molecule has 4 nitrogen and oxygen atoms in total. The van der Waals surface area contributed by atoms with Crippen molar-refractivity contribution in [2.75, 3.05) is 7.05 Å². The van der Waals surface area contributed by atoms with Crippen molar-refractivity contribution in [3.63, 3.8) is 0 Å². The van der Waals surface area contributed by atoms with E-state index in [4.69, 9.17) is 16.3 Å². The summed E-state index contributed by atoms with van der Waals surface area (Å²) in [6.07, 6.45) is 2.56. The van der Waals surface area contributed by atoms with Crippen LogP contribution in [0.1, 0.15) is 70.4 Å². The molecule has 0 fully saturated rings. The van der Waals surface area contributed by atoms with Crippen LogP contribution in [0, 0.1) is 10.8 Å². The number of carbonyl (C=O) groups excluding carboxylic acids is 2. The number of ketones is 2. The molecule has 2 aromatic rings. The average Bonchev–Trinajstić information content (AvgIpc) is 2.79. The van der Waals surface area contributed by atoms with Gasteiger partial charge in [0.1, 0.15) is 12.4 Å². The molecule has 5 rings (SSSR count). The van der Waals surface area contributed by atoms with Gasteiger partial charge in [-0.1, -0.05) is 75.7 Å². The summed E-state index contributed by atoms with van der Waals surface area (Å²) < 4.78 is 5.99. The molecule has 2 aromatic carbocycles. The van der Waals surface area contributed by atoms with Gasteiger partial charge in [-0.3, -0.25) is 9.59 Å². The lowest BCUT2D eigenvalue weighted by Crippen LogP contribution is -2.43. The highest BCUT2D eigenvalue weighted by Gasteiger charge is 2.48. The fourth-order valence-corrected chi connectivity index (χ4v) is 6.29. The number of hydrogen-bond donors (Lipinski definition) is 0. The molecule has 0 amide bonds. The Morgan fingerprint density at radius 1 is 0.861 bits per heavy atom. The van der Waals surface area contributed by atoms with E-state index in [0.717, 1.165) is 46.5 Å². The van der Waals surface area contributed by atoms with Gasteiger partial charge in [0.2, 0.25) is 0 Å². The van der Waals surface area contributed by atoms with Crippen LogP contribution in [0.15, 0.2) is 71.1 Å². The maximum Gasteiger partial charge on any atom is 0.162 e. The molecule has 0 atom stereocenters. The zero-order chi connectivity index (χ0) is 25.8. The minimum Gasteiger partial charge on any atom is -0.487 e. The Hall–Kier alpha value is -2.85. The first kappa shape index (κ1) is 24.8. The molecule has 1 heterocycles. The minimum atomic E-state index is -0.390. The van der Waals surface area contributed by atoms with Gasteiger partial charge in [-0.05, 0) is 46.9 Å². The van der Waals surface area contributed by atoms with Gasteiger partial charge >= 0.3 is 0 Å². The molecule has 1 aliphatic heterocycles. The molecule has 36 heavy (non-hydrogen) atoms. The average molecular weight is 504 g/mol. The quantitative estimate of drug-likeness (QED) is 0.441. The molecule has 0 spiro atoms. The summed E-state index contributed by atoms with van der Waals surface area (Å²) in [6.45, 7) is 9.00. The number of halogens is 1. The molecule has 2 aliphatic carbocycles. The fraction of sp³-hybridized carbons (Fsp3) is 0.419. The monoisotopic (exact) mass is 503 g/mol. The maximum absolute atomic E-state index is 13.6. The third-order valence-electron chi connectivity index (χ3n) is 7.71. The van der Waals surface area contributed by atoms with Gasteiger partial charge in [-0.2, -0.15) is 0 Å². The highest BCUT2D eigenvalue weighted by Crippen LogP contribution is 2.54. The number of benzene rings is 2. The summed E-state index contributed by atoms with van der Waals surface area (Å²) >= 11 is 6.72. The van der Waals surface area contributed by atoms with E-state index in [-0.39, 0.29) is 28.3 Å². The molecule has 0 saturated heterocycles. The topological polar surface area (TPSA) is 46.6 Å². The number of allylic oxidation sites excluding steroid dienone is 4. The van der Waals surface area contributed by atoms with Gasteiger partial charge in [0.15, 0.2) is 11.6 Å². The standard InChI is InChI=1S/C31H34ClNO3/c1-30(2)14-22-28(24(34)16-30)27(29-23(33(22)5)15-31(3,4)17-25(29)35)20-11-12-26(21(32)13-20)36-18-19-9-7-6-8-10-19/h6-13,27H,14-18H2,1-5H3. The van der Waals surface area contributed by atoms with Crippen LogP contribution in [0.5, 0.6) is 5.75 Å². The highest BCUT2D eigenvalue weighted by molar-refractivity contribution is 6.32. The Morgan fingerprint density at radius 3 is 1.94 bits per heavy atom. The molecule has 5 heteroatoms. The molecule has 3 aliphatic rings. The summed E-state index contributed by atoms with van der Waals surface area (Å²) in [6, 6.07) is 15.7. The van der Waals surface area contributed by atoms with Crippen LogP contribution in [0.25, 0.3) is 0 Å². The first-order valence-corrected chi connectivity index (χ1v) is 13.1. The van der Waals surface area contributed by atoms with Crippen molar-refractivity contribution in [2.45, 2.75) is 65.9 Å². The van der Waals surface area contributed by atoms with Crippen molar-refractivity contribution >= 4 is 23.2 Å². The van der Waals surface area contributed by atoms with Gasteiger partial charge in [0.25, 0.3) is 0 Å². The van der Waals surface area contributed by atoms with Gasteiger partial charge in [-0.25, -0.2) is 0 Å². The largest absolute Gasteiger partial charge is 0.487 e. The second-order valence-electron chi connectivity index (χ2n) is 12.1. The summed E-state index contributed by atoms with van der Waals surface area (Å²) in [4.78, 5) is 29.4. The Bertz CT molecular complexity index is 1250. The van der Waals surface area contributed by atoms with Crippen LogP contribution in [-0.2, 0) is 16.2 Å². The van der Waals surface area contributed by atoms with Gasteiger partial charge in [0.05, 0.1) is 5.02 Å². The molecular formula is C31H34ClNO3. The van der Waals surface area contributed by atoms with Crippen LogP contribution >= 0.6 is 11.6 Å². The highest BCUT2D eigenvalue weighted by atomic mass is 35.5. The number of ether oxygens (including phenoxy) is 1. The molecule has 0 aromatic heterocycles. The zero-order valence-corrected chi connectivity index (χ0v) is 22.5. The molecule has 0 unspecified atom stereocenters. The molecule has 188 valence electrons. The lowest BCUT2D eigenvalue weighted by Gasteiger charge is -2.47. The molecule has 0 bridgehead atoms. The van der Waals surface area contributed by atoms with Crippen molar-refractivity contribution in [1.82, 2.24) is 4.90 Å². The first-order chi connectivity index (χ1) is 17.0. The maximum atomic E-state index is 13.6. The lowest BCUT2D eigenvalue weighted by molar-refractivity contribution is -0.119. The predicted octanol–water partition coefficient (Wildman–Crippen LogP) is 7.23. The van der Waals surface area contributed by atoms with Crippen LogP contribution in [0.4, 0.5) is 0 Å². The third kappa shape index (κ3) is 4.52. The van der Waals surface area contributed by atoms with Crippen molar-refractivity contribution in [3.05, 3.63) is 87.2 Å². The first-order valence-electron chi connectivity index (χ1n) is 12.7. The van der Waals surface area contributed by atoms with Crippen LogP contribution in [-0.4, -0.2) is 23.5 Å². The molecule has 0 radical (unpaired) electrons. The van der Waals surface area contributed by atoms with Crippen LogP contribution < -0.4 is 4.74 Å². The van der Waals surface area contributed by atoms with Crippen LogP contribution in [0.2, 0.25) is 5.02 Å². The number of hydrogen-bond acceptors (Lipinski definition) is 4. The summed E-state index contributed by atoms with van der Waals surface area (Å²) in [5, 5.41) is 0.485. The Balaban J connectivity index is 1.58. The van der Waals surface area contributed by atoms with E-state index in [2.05, 4.69) is 32.6 Å². The molecule has 0 N–H and O–H groups in total. The van der Waals surface area contributed by atoms with E-state index in [1.807, 2.05) is 55.6 Å². The second kappa shape index (κ2) is 8.92. The normalized spacial score (nSPS) is 21.4. The van der Waals surface area contributed by atoms with E-state index in [1.165, 1.54) is 0 Å². The molecular weight excluding hydrogens is 470 g/mol. The third-order valence-corrected chi connectivity index (χ3v) is 8.00. The number of Topliss-reactive ketones (excluding diaryl/α,β-unsaturated/α-hetero) is 2. The number of carbonyl (C=O) groups is 2. The SMILES string of the molecule is CN1C2=C(C(=O)CC(C)(C)C2)C(c2ccc(OCc3ccccc3)c(Cl)c2)C2=C1CC(C)(C)CC2=O. The smallest absolute Gasteiger partial charge is 0.162 e. The Labute approximate surface area is 219 Å². The summed E-state index contributed by atoms with van der Waals surface area (Å²) in [5.74, 6) is 0.456. The van der Waals surface area contributed by atoms with E-state index in [0.29, 0.717) is 30.2 Å². The lowest BCUT2D eigenvalue weighted by atomic mass is 9.64. The van der Waals surface area contributed by atoms with Gasteiger partial charge in [-0.15, -0.1) is 0 Å².